The standard InChI is InChI=1S/C24H22F3NO5S/c1-2-34(31,32)19-10-7-16(8-11-19)13-23(30)28-18-9-12-20(17(14-18)15-29)21-5-3-4-6-22(21)33-24(25,26)27/h3-12,14,29H,2,13,15H2,1H3,(H,28,30). The van der Waals surface area contributed by atoms with E-state index in [1.165, 1.54) is 48.5 Å². The molecule has 180 valence electrons. The topological polar surface area (TPSA) is 92.7 Å². The number of anilines is 1. The number of alkyl halides is 3. The van der Waals surface area contributed by atoms with Gasteiger partial charge in [0.1, 0.15) is 5.75 Å². The van der Waals surface area contributed by atoms with E-state index in [1.54, 1.807) is 25.1 Å². The van der Waals surface area contributed by atoms with Crippen LogP contribution in [0.15, 0.2) is 71.6 Å². The molecule has 0 aliphatic heterocycles. The number of aliphatic hydroxyl groups is 1. The molecule has 0 atom stereocenters. The van der Waals surface area contributed by atoms with Gasteiger partial charge in [0.25, 0.3) is 0 Å². The van der Waals surface area contributed by atoms with Crippen LogP contribution >= 0.6 is 0 Å². The number of hydrogen-bond donors (Lipinski definition) is 2. The maximum absolute atomic E-state index is 12.8. The van der Waals surface area contributed by atoms with Gasteiger partial charge in [0, 0.05) is 11.3 Å². The molecule has 0 unspecified atom stereocenters. The molecule has 2 N–H and O–H groups in total. The van der Waals surface area contributed by atoms with Crippen molar-refractivity contribution in [2.75, 3.05) is 11.1 Å². The summed E-state index contributed by atoms with van der Waals surface area (Å²) in [5, 5.41) is 12.5. The third-order valence-electron chi connectivity index (χ3n) is 4.99. The first-order valence-electron chi connectivity index (χ1n) is 10.2. The van der Waals surface area contributed by atoms with Crippen molar-refractivity contribution in [3.8, 4) is 16.9 Å². The summed E-state index contributed by atoms with van der Waals surface area (Å²) < 4.78 is 66.1. The minimum absolute atomic E-state index is 0.0229. The van der Waals surface area contributed by atoms with Crippen LogP contribution in [0.3, 0.4) is 0 Å². The number of halogens is 3. The number of carbonyl (C=O) groups excluding carboxylic acids is 1. The highest BCUT2D eigenvalue weighted by Gasteiger charge is 2.32. The summed E-state index contributed by atoms with van der Waals surface area (Å²) >= 11 is 0. The van der Waals surface area contributed by atoms with Crippen molar-refractivity contribution in [1.29, 1.82) is 0 Å². The second-order valence-electron chi connectivity index (χ2n) is 7.35. The minimum Gasteiger partial charge on any atom is -0.405 e. The summed E-state index contributed by atoms with van der Waals surface area (Å²) in [6, 6.07) is 16.0. The zero-order chi connectivity index (χ0) is 24.9. The molecule has 3 aromatic rings. The fourth-order valence-electron chi connectivity index (χ4n) is 3.34. The van der Waals surface area contributed by atoms with E-state index in [2.05, 4.69) is 10.1 Å². The summed E-state index contributed by atoms with van der Waals surface area (Å²) in [5.74, 6) is -0.818. The third kappa shape index (κ3) is 6.36. The van der Waals surface area contributed by atoms with E-state index in [9.17, 15) is 31.5 Å². The maximum Gasteiger partial charge on any atom is 0.573 e. The van der Waals surface area contributed by atoms with Crippen molar-refractivity contribution in [1.82, 2.24) is 0 Å². The Morgan fingerprint density at radius 2 is 1.68 bits per heavy atom. The molecule has 3 aromatic carbocycles. The van der Waals surface area contributed by atoms with Crippen LogP contribution in [-0.4, -0.2) is 31.5 Å². The Balaban J connectivity index is 1.77. The quantitative estimate of drug-likeness (QED) is 0.474. The van der Waals surface area contributed by atoms with Gasteiger partial charge in [-0.3, -0.25) is 4.79 Å². The second-order valence-corrected chi connectivity index (χ2v) is 9.62. The molecule has 1 amide bonds. The van der Waals surface area contributed by atoms with Gasteiger partial charge in [0.15, 0.2) is 9.84 Å². The number of carbonyl (C=O) groups is 1. The highest BCUT2D eigenvalue weighted by molar-refractivity contribution is 7.91. The highest BCUT2D eigenvalue weighted by Crippen LogP contribution is 2.36. The Morgan fingerprint density at radius 1 is 1.00 bits per heavy atom. The predicted octanol–water partition coefficient (Wildman–Crippen LogP) is 4.72. The number of amides is 1. The average molecular weight is 494 g/mol. The zero-order valence-corrected chi connectivity index (χ0v) is 18.9. The van der Waals surface area contributed by atoms with Gasteiger partial charge in [-0.15, -0.1) is 13.2 Å². The normalized spacial score (nSPS) is 11.8. The Kier molecular flexibility index (Phi) is 7.63. The van der Waals surface area contributed by atoms with E-state index >= 15 is 0 Å². The van der Waals surface area contributed by atoms with Crippen LogP contribution < -0.4 is 10.1 Å². The molecule has 0 aliphatic carbocycles. The first-order valence-corrected chi connectivity index (χ1v) is 11.9. The third-order valence-corrected chi connectivity index (χ3v) is 6.74. The Morgan fingerprint density at radius 3 is 2.29 bits per heavy atom. The van der Waals surface area contributed by atoms with E-state index < -0.39 is 28.6 Å². The molecule has 3 rings (SSSR count). The van der Waals surface area contributed by atoms with Crippen molar-refractivity contribution in [2.45, 2.75) is 31.2 Å². The molecule has 0 bridgehead atoms. The lowest BCUT2D eigenvalue weighted by molar-refractivity contribution is -0.274. The van der Waals surface area contributed by atoms with Crippen molar-refractivity contribution < 1.29 is 36.2 Å². The lowest BCUT2D eigenvalue weighted by Gasteiger charge is -2.16. The van der Waals surface area contributed by atoms with E-state index in [-0.39, 0.29) is 28.5 Å². The molecule has 0 radical (unpaired) electrons. The molecule has 0 aromatic heterocycles. The lowest BCUT2D eigenvalue weighted by Crippen LogP contribution is -2.17. The molecular weight excluding hydrogens is 471 g/mol. The van der Waals surface area contributed by atoms with Crippen LogP contribution in [0, 0.1) is 0 Å². The van der Waals surface area contributed by atoms with Crippen LogP contribution in [0.4, 0.5) is 18.9 Å². The number of nitrogens with one attached hydrogen (secondary N) is 1. The minimum atomic E-state index is -4.87. The van der Waals surface area contributed by atoms with E-state index in [0.29, 0.717) is 22.4 Å². The molecule has 6 nitrogen and oxygen atoms in total. The highest BCUT2D eigenvalue weighted by atomic mass is 32.2. The Bertz CT molecular complexity index is 1270. The van der Waals surface area contributed by atoms with Gasteiger partial charge < -0.3 is 15.2 Å². The van der Waals surface area contributed by atoms with E-state index in [1.807, 2.05) is 0 Å². The van der Waals surface area contributed by atoms with Gasteiger partial charge in [0.2, 0.25) is 5.91 Å². The number of rotatable bonds is 8. The molecule has 0 heterocycles. The summed E-state index contributed by atoms with van der Waals surface area (Å²) in [6.07, 6.45) is -4.90. The van der Waals surface area contributed by atoms with E-state index in [0.717, 1.165) is 0 Å². The molecule has 0 saturated heterocycles. The average Bonchev–Trinajstić information content (AvgIpc) is 2.79. The van der Waals surface area contributed by atoms with Crippen molar-refractivity contribution in [2.24, 2.45) is 0 Å². The molecular formula is C24H22F3NO5S. The van der Waals surface area contributed by atoms with Gasteiger partial charge in [-0.2, -0.15) is 0 Å². The molecule has 0 aliphatic rings. The Hall–Kier alpha value is -3.37. The fraction of sp³-hybridized carbons (Fsp3) is 0.208. The van der Waals surface area contributed by atoms with Gasteiger partial charge >= 0.3 is 6.36 Å². The van der Waals surface area contributed by atoms with E-state index in [4.69, 9.17) is 0 Å². The van der Waals surface area contributed by atoms with Gasteiger partial charge in [-0.25, -0.2) is 8.42 Å². The fourth-order valence-corrected chi connectivity index (χ4v) is 4.22. The molecule has 0 saturated carbocycles. The first kappa shape index (κ1) is 25.3. The Labute approximate surface area is 194 Å². The number of para-hydroxylation sites is 1. The summed E-state index contributed by atoms with van der Waals surface area (Å²) in [6.45, 7) is 1.07. The number of sulfone groups is 1. The predicted molar refractivity (Wildman–Crippen MR) is 121 cm³/mol. The smallest absolute Gasteiger partial charge is 0.405 e. The number of ether oxygens (including phenoxy) is 1. The summed E-state index contributed by atoms with van der Waals surface area (Å²) in [4.78, 5) is 12.6. The molecule has 10 heteroatoms. The number of aliphatic hydroxyl groups excluding tert-OH is 1. The van der Waals surface area contributed by atoms with Crippen LogP contribution in [0.25, 0.3) is 11.1 Å². The van der Waals surface area contributed by atoms with Gasteiger partial charge in [-0.05, 0) is 47.0 Å². The molecule has 34 heavy (non-hydrogen) atoms. The van der Waals surface area contributed by atoms with Gasteiger partial charge in [0.05, 0.1) is 23.7 Å². The van der Waals surface area contributed by atoms with Crippen molar-refractivity contribution in [3.63, 3.8) is 0 Å². The summed E-state index contributed by atoms with van der Waals surface area (Å²) in [5.41, 5.74) is 1.71. The van der Waals surface area contributed by atoms with Gasteiger partial charge in [-0.1, -0.05) is 43.3 Å². The molecule has 0 fully saturated rings. The van der Waals surface area contributed by atoms with Crippen LogP contribution in [0.5, 0.6) is 5.75 Å². The summed E-state index contributed by atoms with van der Waals surface area (Å²) in [7, 11) is -3.34. The first-order chi connectivity index (χ1) is 16.0. The number of benzene rings is 3. The van der Waals surface area contributed by atoms with Crippen molar-refractivity contribution in [3.05, 3.63) is 77.9 Å². The monoisotopic (exact) mass is 493 g/mol. The largest absolute Gasteiger partial charge is 0.573 e. The van der Waals surface area contributed by atoms with Crippen molar-refractivity contribution >= 4 is 21.4 Å². The maximum atomic E-state index is 12.8. The van der Waals surface area contributed by atoms with Crippen LogP contribution in [0.2, 0.25) is 0 Å². The SMILES string of the molecule is CCS(=O)(=O)c1ccc(CC(=O)Nc2ccc(-c3ccccc3OC(F)(F)F)c(CO)c2)cc1. The van der Waals surface area contributed by atoms with Crippen LogP contribution in [-0.2, 0) is 27.7 Å². The lowest BCUT2D eigenvalue weighted by atomic mass is 9.98. The number of hydrogen-bond acceptors (Lipinski definition) is 5. The molecule has 0 spiro atoms. The van der Waals surface area contributed by atoms with Crippen LogP contribution in [0.1, 0.15) is 18.1 Å². The zero-order valence-electron chi connectivity index (χ0n) is 18.1. The second kappa shape index (κ2) is 10.3.